The van der Waals surface area contributed by atoms with E-state index in [0.29, 0.717) is 25.0 Å². The SMILES string of the molecule is C=C(CCCCP(=O)(O)O)c1ccccc1OC(C)=O. The van der Waals surface area contributed by atoms with E-state index in [1.165, 1.54) is 6.92 Å². The summed E-state index contributed by atoms with van der Waals surface area (Å²) in [5.74, 6) is 0.0618. The lowest BCUT2D eigenvalue weighted by Gasteiger charge is -2.11. The van der Waals surface area contributed by atoms with Gasteiger partial charge in [-0.25, -0.2) is 0 Å². The fourth-order valence-electron chi connectivity index (χ4n) is 1.79. The van der Waals surface area contributed by atoms with E-state index in [9.17, 15) is 9.36 Å². The van der Waals surface area contributed by atoms with Gasteiger partial charge in [-0.05, 0) is 30.9 Å². The molecule has 6 heteroatoms. The first-order valence-corrected chi connectivity index (χ1v) is 8.09. The Kier molecular flexibility index (Phi) is 6.14. The molecular weight excluding hydrogens is 279 g/mol. The molecule has 0 amide bonds. The van der Waals surface area contributed by atoms with Crippen LogP contribution in [0.5, 0.6) is 5.75 Å². The molecule has 0 saturated carbocycles. The van der Waals surface area contributed by atoms with Gasteiger partial charge in [-0.3, -0.25) is 9.36 Å². The van der Waals surface area contributed by atoms with Gasteiger partial charge in [0.2, 0.25) is 0 Å². The summed E-state index contributed by atoms with van der Waals surface area (Å²) < 4.78 is 15.8. The molecule has 0 fully saturated rings. The molecule has 1 aromatic rings. The number of esters is 1. The maximum absolute atomic E-state index is 11.0. The minimum Gasteiger partial charge on any atom is -0.426 e. The van der Waals surface area contributed by atoms with Gasteiger partial charge in [0.25, 0.3) is 0 Å². The summed E-state index contributed by atoms with van der Waals surface area (Å²) in [6.07, 6.45) is 1.53. The molecule has 20 heavy (non-hydrogen) atoms. The fraction of sp³-hybridized carbons (Fsp3) is 0.357. The van der Waals surface area contributed by atoms with Gasteiger partial charge in [0.05, 0.1) is 0 Å². The van der Waals surface area contributed by atoms with Gasteiger partial charge in [0.1, 0.15) is 5.75 Å². The first-order chi connectivity index (χ1) is 9.29. The first kappa shape index (κ1) is 16.6. The molecule has 0 aromatic heterocycles. The van der Waals surface area contributed by atoms with E-state index in [1.54, 1.807) is 12.1 Å². The van der Waals surface area contributed by atoms with Gasteiger partial charge in [0, 0.05) is 18.6 Å². The number of benzene rings is 1. The number of allylic oxidation sites excluding steroid dienone is 1. The average Bonchev–Trinajstić information content (AvgIpc) is 2.33. The Hall–Kier alpha value is -1.42. The fourth-order valence-corrected chi connectivity index (χ4v) is 2.43. The Morgan fingerprint density at radius 3 is 2.55 bits per heavy atom. The number of para-hydroxylation sites is 1. The second kappa shape index (κ2) is 7.39. The summed E-state index contributed by atoms with van der Waals surface area (Å²) in [7, 11) is -3.93. The number of hydrogen-bond donors (Lipinski definition) is 2. The molecule has 0 spiro atoms. The monoisotopic (exact) mass is 298 g/mol. The van der Waals surface area contributed by atoms with E-state index in [-0.39, 0.29) is 6.16 Å². The van der Waals surface area contributed by atoms with Crippen LogP contribution in [0.15, 0.2) is 30.8 Å². The lowest BCUT2D eigenvalue weighted by Crippen LogP contribution is -2.03. The molecule has 0 aliphatic rings. The molecule has 0 unspecified atom stereocenters. The minimum atomic E-state index is -3.93. The second-order valence-corrected chi connectivity index (χ2v) is 6.32. The van der Waals surface area contributed by atoms with Gasteiger partial charge in [-0.2, -0.15) is 0 Å². The van der Waals surface area contributed by atoms with Crippen molar-refractivity contribution in [3.8, 4) is 5.75 Å². The van der Waals surface area contributed by atoms with Crippen molar-refractivity contribution in [1.29, 1.82) is 0 Å². The van der Waals surface area contributed by atoms with Crippen molar-refractivity contribution in [2.75, 3.05) is 6.16 Å². The van der Waals surface area contributed by atoms with Crippen LogP contribution in [0.4, 0.5) is 0 Å². The number of unbranched alkanes of at least 4 members (excludes halogenated alkanes) is 1. The zero-order valence-electron chi connectivity index (χ0n) is 11.4. The quantitative estimate of drug-likeness (QED) is 0.350. The van der Waals surface area contributed by atoms with Crippen molar-refractivity contribution in [3.63, 3.8) is 0 Å². The Bertz CT molecular complexity index is 532. The summed E-state index contributed by atoms with van der Waals surface area (Å²) in [4.78, 5) is 28.6. The summed E-state index contributed by atoms with van der Waals surface area (Å²) in [5, 5.41) is 0. The van der Waals surface area contributed by atoms with Crippen molar-refractivity contribution in [2.24, 2.45) is 0 Å². The van der Waals surface area contributed by atoms with Gasteiger partial charge in [-0.1, -0.05) is 24.8 Å². The van der Waals surface area contributed by atoms with E-state index in [0.717, 1.165) is 11.1 Å². The van der Waals surface area contributed by atoms with Crippen LogP contribution < -0.4 is 4.74 Å². The second-order valence-electron chi connectivity index (χ2n) is 4.54. The van der Waals surface area contributed by atoms with Crippen LogP contribution in [-0.2, 0) is 9.36 Å². The van der Waals surface area contributed by atoms with Crippen molar-refractivity contribution >= 4 is 19.1 Å². The normalized spacial score (nSPS) is 11.2. The number of hydrogen-bond acceptors (Lipinski definition) is 3. The van der Waals surface area contributed by atoms with Crippen LogP contribution >= 0.6 is 7.60 Å². The zero-order valence-corrected chi connectivity index (χ0v) is 12.3. The summed E-state index contributed by atoms with van der Waals surface area (Å²) in [6.45, 7) is 5.27. The summed E-state index contributed by atoms with van der Waals surface area (Å²) in [5.41, 5.74) is 1.53. The molecule has 2 N–H and O–H groups in total. The van der Waals surface area contributed by atoms with E-state index >= 15 is 0 Å². The summed E-state index contributed by atoms with van der Waals surface area (Å²) in [6, 6.07) is 7.09. The van der Waals surface area contributed by atoms with Gasteiger partial charge >= 0.3 is 13.6 Å². The largest absolute Gasteiger partial charge is 0.426 e. The third-order valence-corrected chi connectivity index (χ3v) is 3.60. The van der Waals surface area contributed by atoms with Crippen LogP contribution in [0.1, 0.15) is 31.7 Å². The Balaban J connectivity index is 2.59. The number of rotatable bonds is 7. The third-order valence-electron chi connectivity index (χ3n) is 2.70. The van der Waals surface area contributed by atoms with Crippen LogP contribution in [-0.4, -0.2) is 21.9 Å². The molecule has 0 aliphatic heterocycles. The number of ether oxygens (including phenoxy) is 1. The van der Waals surface area contributed by atoms with Crippen molar-refractivity contribution < 1.29 is 23.9 Å². The maximum atomic E-state index is 11.0. The standard InChI is InChI=1S/C14H19O5P/c1-11(7-5-6-10-20(16,17)18)13-8-3-4-9-14(13)19-12(2)15/h3-4,8-9H,1,5-7,10H2,2H3,(H2,16,17,18). The highest BCUT2D eigenvalue weighted by Gasteiger charge is 2.13. The van der Waals surface area contributed by atoms with E-state index in [4.69, 9.17) is 14.5 Å². The van der Waals surface area contributed by atoms with Crippen molar-refractivity contribution in [3.05, 3.63) is 36.4 Å². The number of carbonyl (C=O) groups is 1. The topological polar surface area (TPSA) is 83.8 Å². The molecule has 0 aliphatic carbocycles. The van der Waals surface area contributed by atoms with E-state index < -0.39 is 13.6 Å². The van der Waals surface area contributed by atoms with Crippen LogP contribution in [0, 0.1) is 0 Å². The van der Waals surface area contributed by atoms with Crippen LogP contribution in [0.3, 0.4) is 0 Å². The predicted octanol–water partition coefficient (Wildman–Crippen LogP) is 2.97. The Labute approximate surface area is 118 Å². The van der Waals surface area contributed by atoms with Gasteiger partial charge in [0.15, 0.2) is 0 Å². The van der Waals surface area contributed by atoms with E-state index in [2.05, 4.69) is 6.58 Å². The summed E-state index contributed by atoms with van der Waals surface area (Å²) >= 11 is 0. The first-order valence-electron chi connectivity index (χ1n) is 6.30. The molecule has 0 heterocycles. The molecule has 0 saturated heterocycles. The van der Waals surface area contributed by atoms with Crippen molar-refractivity contribution in [1.82, 2.24) is 0 Å². The number of carbonyl (C=O) groups excluding carboxylic acids is 1. The lowest BCUT2D eigenvalue weighted by molar-refractivity contribution is -0.131. The molecule has 0 radical (unpaired) electrons. The lowest BCUT2D eigenvalue weighted by atomic mass is 10.0. The molecule has 110 valence electrons. The van der Waals surface area contributed by atoms with Crippen LogP contribution in [0.25, 0.3) is 5.57 Å². The molecule has 1 rings (SSSR count). The molecule has 1 aromatic carbocycles. The smallest absolute Gasteiger partial charge is 0.325 e. The highest BCUT2D eigenvalue weighted by atomic mass is 31.2. The Morgan fingerprint density at radius 1 is 1.30 bits per heavy atom. The van der Waals surface area contributed by atoms with Crippen molar-refractivity contribution in [2.45, 2.75) is 26.2 Å². The predicted molar refractivity (Wildman–Crippen MR) is 77.5 cm³/mol. The highest BCUT2D eigenvalue weighted by Crippen LogP contribution is 2.36. The molecule has 0 bridgehead atoms. The van der Waals surface area contributed by atoms with E-state index in [1.807, 2.05) is 12.1 Å². The molecular formula is C14H19O5P. The third kappa shape index (κ3) is 6.15. The molecule has 0 atom stereocenters. The molecule has 5 nitrogen and oxygen atoms in total. The highest BCUT2D eigenvalue weighted by molar-refractivity contribution is 7.51. The minimum absolute atomic E-state index is 0.119. The maximum Gasteiger partial charge on any atom is 0.325 e. The average molecular weight is 298 g/mol. The zero-order chi connectivity index (χ0) is 15.2. The van der Waals surface area contributed by atoms with Gasteiger partial charge < -0.3 is 14.5 Å². The van der Waals surface area contributed by atoms with Crippen LogP contribution in [0.2, 0.25) is 0 Å². The van der Waals surface area contributed by atoms with Gasteiger partial charge in [-0.15, -0.1) is 0 Å². The Morgan fingerprint density at radius 2 is 1.95 bits per heavy atom.